The molecule has 0 aromatic heterocycles. The molecule has 0 saturated carbocycles. The van der Waals surface area contributed by atoms with Gasteiger partial charge in [0.15, 0.2) is 0 Å². The first-order chi connectivity index (χ1) is 16.6. The number of hydrogen-bond acceptors (Lipinski definition) is 4. The minimum atomic E-state index is -3.68. The maximum Gasteiger partial charge on any atom is 0.243 e. The van der Waals surface area contributed by atoms with Gasteiger partial charge < -0.3 is 9.64 Å². The lowest BCUT2D eigenvalue weighted by molar-refractivity contribution is -0.116. The molecule has 35 heavy (non-hydrogen) atoms. The van der Waals surface area contributed by atoms with Gasteiger partial charge in [0.25, 0.3) is 0 Å². The van der Waals surface area contributed by atoms with Gasteiger partial charge in [0.1, 0.15) is 12.4 Å². The van der Waals surface area contributed by atoms with Crippen LogP contribution in [-0.4, -0.2) is 31.8 Å². The Morgan fingerprint density at radius 1 is 1.03 bits per heavy atom. The minimum absolute atomic E-state index is 0.0610. The van der Waals surface area contributed by atoms with Gasteiger partial charge in [-0.2, -0.15) is 4.31 Å². The predicted molar refractivity (Wildman–Crippen MR) is 138 cm³/mol. The van der Waals surface area contributed by atoms with Gasteiger partial charge in [-0.05, 0) is 60.4 Å². The maximum atomic E-state index is 13.4. The number of aryl methyl sites for hydroxylation is 1. The van der Waals surface area contributed by atoms with E-state index in [9.17, 15) is 13.2 Å². The van der Waals surface area contributed by atoms with Crippen molar-refractivity contribution in [3.8, 4) is 5.75 Å². The molecule has 6 nitrogen and oxygen atoms in total. The zero-order valence-electron chi connectivity index (χ0n) is 20.7. The summed E-state index contributed by atoms with van der Waals surface area (Å²) in [5.74, 6) is 0.943. The Hall–Kier alpha value is -3.16. The summed E-state index contributed by atoms with van der Waals surface area (Å²) in [6.45, 7) is 8.85. The molecule has 0 saturated heterocycles. The van der Waals surface area contributed by atoms with Crippen LogP contribution in [0, 0.1) is 6.92 Å². The van der Waals surface area contributed by atoms with E-state index in [4.69, 9.17) is 4.74 Å². The number of benzene rings is 3. The molecule has 184 valence electrons. The van der Waals surface area contributed by atoms with Gasteiger partial charge in [-0.25, -0.2) is 8.42 Å². The van der Waals surface area contributed by atoms with Gasteiger partial charge in [-0.15, -0.1) is 0 Å². The van der Waals surface area contributed by atoms with Gasteiger partial charge in [-0.1, -0.05) is 49.7 Å². The van der Waals surface area contributed by atoms with Crippen molar-refractivity contribution < 1.29 is 17.9 Å². The summed E-state index contributed by atoms with van der Waals surface area (Å²) in [5.41, 5.74) is 4.74. The van der Waals surface area contributed by atoms with E-state index in [1.165, 1.54) is 4.31 Å². The number of ether oxygens (including phenoxy) is 1. The first-order valence-electron chi connectivity index (χ1n) is 11.8. The molecule has 7 heteroatoms. The second kappa shape index (κ2) is 10.2. The molecular formula is C28H32N2O4S. The normalized spacial score (nSPS) is 14.2. The first-order valence-corrected chi connectivity index (χ1v) is 13.3. The van der Waals surface area contributed by atoms with E-state index in [2.05, 4.69) is 13.8 Å². The van der Waals surface area contributed by atoms with Gasteiger partial charge in [0.2, 0.25) is 15.9 Å². The van der Waals surface area contributed by atoms with E-state index >= 15 is 0 Å². The van der Waals surface area contributed by atoms with Crippen LogP contribution in [0.15, 0.2) is 71.6 Å². The Balaban J connectivity index is 1.59. The Morgan fingerprint density at radius 3 is 2.34 bits per heavy atom. The molecule has 1 aliphatic rings. The number of amides is 1. The van der Waals surface area contributed by atoms with Crippen LogP contribution in [-0.2, 0) is 27.9 Å². The lowest BCUT2D eigenvalue weighted by Crippen LogP contribution is -2.32. The number of sulfonamides is 1. The molecule has 0 atom stereocenters. The van der Waals surface area contributed by atoms with Crippen LogP contribution >= 0.6 is 0 Å². The van der Waals surface area contributed by atoms with E-state index in [1.807, 2.05) is 61.5 Å². The van der Waals surface area contributed by atoms with Gasteiger partial charge in [-0.3, -0.25) is 4.79 Å². The van der Waals surface area contributed by atoms with Crippen molar-refractivity contribution in [2.75, 3.05) is 18.1 Å². The number of hydrogen-bond donors (Lipinski definition) is 0. The average molecular weight is 493 g/mol. The Bertz CT molecular complexity index is 1300. The summed E-state index contributed by atoms with van der Waals surface area (Å²) >= 11 is 0. The Morgan fingerprint density at radius 2 is 1.71 bits per heavy atom. The van der Waals surface area contributed by atoms with Gasteiger partial charge in [0.05, 0.1) is 11.4 Å². The van der Waals surface area contributed by atoms with Crippen LogP contribution in [0.3, 0.4) is 0 Å². The fourth-order valence-corrected chi connectivity index (χ4v) is 5.59. The lowest BCUT2D eigenvalue weighted by atomic mass is 10.0. The standard InChI is InChI=1S/C28H32N2O4S/c1-20(2)24-8-12-27(13-9-24)35(32,33)29-15-16-34-28-14-7-23(17-25(28)19-29)18-30(22(4)31)26-10-5-21(3)6-11-26/h5-14,17,20H,15-16,18-19H2,1-4H3. The molecule has 0 N–H and O–H groups in total. The molecule has 3 aromatic carbocycles. The maximum absolute atomic E-state index is 13.4. The largest absolute Gasteiger partial charge is 0.492 e. The molecule has 0 bridgehead atoms. The summed E-state index contributed by atoms with van der Waals surface area (Å²) in [5, 5.41) is 0. The zero-order valence-corrected chi connectivity index (χ0v) is 21.5. The fraction of sp³-hybridized carbons (Fsp3) is 0.321. The second-order valence-corrected chi connectivity index (χ2v) is 11.2. The first kappa shape index (κ1) is 24.9. The molecule has 3 aromatic rings. The molecule has 1 heterocycles. The van der Waals surface area contributed by atoms with Crippen molar-refractivity contribution >= 4 is 21.6 Å². The number of anilines is 1. The quantitative estimate of drug-likeness (QED) is 0.471. The Labute approximate surface area is 208 Å². The molecule has 4 rings (SSSR count). The monoisotopic (exact) mass is 492 g/mol. The zero-order chi connectivity index (χ0) is 25.2. The van der Waals surface area contributed by atoms with E-state index in [-0.39, 0.29) is 30.5 Å². The highest BCUT2D eigenvalue weighted by Crippen LogP contribution is 2.29. The summed E-state index contributed by atoms with van der Waals surface area (Å²) < 4.78 is 34.2. The van der Waals surface area contributed by atoms with E-state index in [0.29, 0.717) is 18.2 Å². The minimum Gasteiger partial charge on any atom is -0.492 e. The second-order valence-electron chi connectivity index (χ2n) is 9.29. The van der Waals surface area contributed by atoms with Crippen molar-refractivity contribution in [3.63, 3.8) is 0 Å². The SMILES string of the molecule is CC(=O)N(Cc1ccc2c(c1)CN(S(=O)(=O)c1ccc(C(C)C)cc1)CCO2)c1ccc(C)cc1. The summed E-state index contributed by atoms with van der Waals surface area (Å²) in [6, 6.07) is 20.7. The van der Waals surface area contributed by atoms with Crippen molar-refractivity contribution in [2.45, 2.75) is 51.6 Å². The highest BCUT2D eigenvalue weighted by atomic mass is 32.2. The number of nitrogens with zero attached hydrogens (tertiary/aromatic N) is 2. The lowest BCUT2D eigenvalue weighted by Gasteiger charge is -2.23. The third-order valence-electron chi connectivity index (χ3n) is 6.32. The van der Waals surface area contributed by atoms with Gasteiger partial charge in [0, 0.05) is 31.3 Å². The molecule has 0 fully saturated rings. The van der Waals surface area contributed by atoms with Crippen LogP contribution in [0.5, 0.6) is 5.75 Å². The summed E-state index contributed by atoms with van der Waals surface area (Å²) in [7, 11) is -3.68. The Kier molecular flexibility index (Phi) is 7.28. The number of carbonyl (C=O) groups excluding carboxylic acids is 1. The van der Waals surface area contributed by atoms with Crippen LogP contribution in [0.4, 0.5) is 5.69 Å². The van der Waals surface area contributed by atoms with Crippen LogP contribution < -0.4 is 9.64 Å². The molecule has 0 radical (unpaired) electrons. The molecule has 1 amide bonds. The number of carbonyl (C=O) groups is 1. The molecule has 1 aliphatic heterocycles. The predicted octanol–water partition coefficient (Wildman–Crippen LogP) is 5.25. The van der Waals surface area contributed by atoms with Crippen molar-refractivity contribution in [2.24, 2.45) is 0 Å². The summed E-state index contributed by atoms with van der Waals surface area (Å²) in [6.07, 6.45) is 0. The van der Waals surface area contributed by atoms with E-state index < -0.39 is 10.0 Å². The number of fused-ring (bicyclic) bond motifs is 1. The number of rotatable bonds is 6. The average Bonchev–Trinajstić information content (AvgIpc) is 3.06. The fourth-order valence-electron chi connectivity index (χ4n) is 4.19. The van der Waals surface area contributed by atoms with Crippen LogP contribution in [0.25, 0.3) is 0 Å². The van der Waals surface area contributed by atoms with Crippen molar-refractivity contribution in [3.05, 3.63) is 89.0 Å². The third kappa shape index (κ3) is 5.57. The van der Waals surface area contributed by atoms with Crippen molar-refractivity contribution in [1.82, 2.24) is 4.31 Å². The topological polar surface area (TPSA) is 66.9 Å². The molecular weight excluding hydrogens is 460 g/mol. The summed E-state index contributed by atoms with van der Waals surface area (Å²) in [4.78, 5) is 14.4. The molecule has 0 aliphatic carbocycles. The van der Waals surface area contributed by atoms with Crippen molar-refractivity contribution in [1.29, 1.82) is 0 Å². The molecule has 0 spiro atoms. The molecule has 0 unspecified atom stereocenters. The van der Waals surface area contributed by atoms with Gasteiger partial charge >= 0.3 is 0 Å². The highest BCUT2D eigenvalue weighted by molar-refractivity contribution is 7.89. The third-order valence-corrected chi connectivity index (χ3v) is 8.18. The van der Waals surface area contributed by atoms with E-state index in [1.54, 1.807) is 24.0 Å². The van der Waals surface area contributed by atoms with E-state index in [0.717, 1.165) is 27.9 Å². The highest BCUT2D eigenvalue weighted by Gasteiger charge is 2.28. The van der Waals surface area contributed by atoms with Crippen LogP contribution in [0.1, 0.15) is 48.9 Å². The smallest absolute Gasteiger partial charge is 0.243 e. The van der Waals surface area contributed by atoms with Crippen LogP contribution in [0.2, 0.25) is 0 Å².